The van der Waals surface area contributed by atoms with Crippen LogP contribution in [0.5, 0.6) is 0 Å². The average molecular weight is 266 g/mol. The number of anilines is 1. The van der Waals surface area contributed by atoms with Gasteiger partial charge in [-0.15, -0.1) is 0 Å². The summed E-state index contributed by atoms with van der Waals surface area (Å²) < 4.78 is 18.5. The first-order chi connectivity index (χ1) is 9.05. The van der Waals surface area contributed by atoms with Crippen molar-refractivity contribution in [2.45, 2.75) is 13.3 Å². The number of aryl methyl sites for hydroxylation is 1. The molecule has 2 N–H and O–H groups in total. The highest BCUT2D eigenvalue weighted by atomic mass is 19.1. The second kappa shape index (κ2) is 5.67. The van der Waals surface area contributed by atoms with Crippen LogP contribution in [0.1, 0.15) is 12.0 Å². The molecule has 1 aliphatic rings. The lowest BCUT2D eigenvalue weighted by Crippen LogP contribution is -2.41. The van der Waals surface area contributed by atoms with E-state index < -0.39 is 5.41 Å². The normalized spacial score (nSPS) is 22.5. The third-order valence-electron chi connectivity index (χ3n) is 3.45. The van der Waals surface area contributed by atoms with Gasteiger partial charge in [-0.25, -0.2) is 4.39 Å². The van der Waals surface area contributed by atoms with E-state index in [2.05, 4.69) is 10.6 Å². The minimum Gasteiger partial charge on any atom is -0.384 e. The lowest BCUT2D eigenvalue weighted by atomic mass is 9.87. The van der Waals surface area contributed by atoms with Gasteiger partial charge < -0.3 is 15.4 Å². The molecule has 0 spiro atoms. The first-order valence-corrected chi connectivity index (χ1v) is 6.34. The van der Waals surface area contributed by atoms with E-state index in [1.165, 1.54) is 12.1 Å². The fourth-order valence-electron chi connectivity index (χ4n) is 2.47. The van der Waals surface area contributed by atoms with Gasteiger partial charge in [-0.2, -0.15) is 0 Å². The van der Waals surface area contributed by atoms with Crippen LogP contribution in [0, 0.1) is 18.2 Å². The van der Waals surface area contributed by atoms with Crippen LogP contribution in [0.2, 0.25) is 0 Å². The average Bonchev–Trinajstić information content (AvgIpc) is 2.78. The van der Waals surface area contributed by atoms with E-state index in [1.807, 2.05) is 0 Å². The number of hydrogen-bond acceptors (Lipinski definition) is 3. The quantitative estimate of drug-likeness (QED) is 0.872. The highest BCUT2D eigenvalue weighted by molar-refractivity contribution is 5.96. The Balaban J connectivity index is 2.14. The summed E-state index contributed by atoms with van der Waals surface area (Å²) in [7, 11) is 1.58. The van der Waals surface area contributed by atoms with Crippen LogP contribution in [-0.2, 0) is 9.53 Å². The number of nitrogens with one attached hydrogen (secondary N) is 2. The van der Waals surface area contributed by atoms with Crippen molar-refractivity contribution in [2.75, 3.05) is 32.1 Å². The number of hydrogen-bond donors (Lipinski definition) is 2. The van der Waals surface area contributed by atoms with E-state index in [0.29, 0.717) is 18.8 Å². The van der Waals surface area contributed by atoms with E-state index in [0.717, 1.165) is 18.5 Å². The molecule has 1 atom stereocenters. The second-order valence-electron chi connectivity index (χ2n) is 5.11. The van der Waals surface area contributed by atoms with E-state index in [4.69, 9.17) is 4.74 Å². The molecule has 1 aromatic rings. The molecule has 1 unspecified atom stereocenters. The fourth-order valence-corrected chi connectivity index (χ4v) is 2.47. The molecule has 1 saturated heterocycles. The van der Waals surface area contributed by atoms with Crippen LogP contribution in [-0.4, -0.2) is 32.7 Å². The van der Waals surface area contributed by atoms with Crippen molar-refractivity contribution in [3.8, 4) is 0 Å². The summed E-state index contributed by atoms with van der Waals surface area (Å²) in [5, 5.41) is 5.96. The van der Waals surface area contributed by atoms with Gasteiger partial charge in [0.25, 0.3) is 0 Å². The van der Waals surface area contributed by atoms with Gasteiger partial charge in [0.05, 0.1) is 12.0 Å². The van der Waals surface area contributed by atoms with Gasteiger partial charge in [0.1, 0.15) is 5.82 Å². The Bertz CT molecular complexity index is 450. The molecule has 0 saturated carbocycles. The van der Waals surface area contributed by atoms with Crippen molar-refractivity contribution in [2.24, 2.45) is 5.41 Å². The van der Waals surface area contributed by atoms with Crippen molar-refractivity contribution in [1.82, 2.24) is 5.32 Å². The van der Waals surface area contributed by atoms with Crippen molar-refractivity contribution < 1.29 is 13.9 Å². The molecule has 19 heavy (non-hydrogen) atoms. The minimum absolute atomic E-state index is 0.121. The molecular formula is C14H19FN2O2. The Hall–Kier alpha value is -1.46. The number of methoxy groups -OCH3 is 1. The maximum absolute atomic E-state index is 13.3. The van der Waals surface area contributed by atoms with Gasteiger partial charge in [-0.05, 0) is 43.7 Å². The number of ether oxygens (including phenoxy) is 1. The molecule has 2 rings (SSSR count). The third-order valence-corrected chi connectivity index (χ3v) is 3.45. The molecule has 0 bridgehead atoms. The number of amides is 1. The van der Waals surface area contributed by atoms with Crippen LogP contribution in [0.3, 0.4) is 0 Å². The smallest absolute Gasteiger partial charge is 0.234 e. The largest absolute Gasteiger partial charge is 0.384 e. The predicted octanol–water partition coefficient (Wildman–Crippen LogP) is 1.70. The molecule has 1 amide bonds. The van der Waals surface area contributed by atoms with Crippen molar-refractivity contribution in [1.29, 1.82) is 0 Å². The monoisotopic (exact) mass is 266 g/mol. The molecule has 1 heterocycles. The van der Waals surface area contributed by atoms with Gasteiger partial charge in [-0.3, -0.25) is 4.79 Å². The Morgan fingerprint density at radius 1 is 1.53 bits per heavy atom. The molecular weight excluding hydrogens is 247 g/mol. The summed E-state index contributed by atoms with van der Waals surface area (Å²) >= 11 is 0. The fraction of sp³-hybridized carbons (Fsp3) is 0.500. The van der Waals surface area contributed by atoms with E-state index >= 15 is 0 Å². The molecule has 0 aliphatic carbocycles. The number of carbonyl (C=O) groups is 1. The molecule has 104 valence electrons. The molecule has 0 radical (unpaired) electrons. The zero-order valence-electron chi connectivity index (χ0n) is 11.3. The number of benzene rings is 1. The van der Waals surface area contributed by atoms with Crippen LogP contribution in [0.25, 0.3) is 0 Å². The lowest BCUT2D eigenvalue weighted by molar-refractivity contribution is -0.127. The predicted molar refractivity (Wildman–Crippen MR) is 71.6 cm³/mol. The van der Waals surface area contributed by atoms with Gasteiger partial charge >= 0.3 is 0 Å². The standard InChI is InChI=1S/C14H19FN2O2/c1-10-5-11(15)7-12(6-10)17-13(18)14(9-19-2)3-4-16-8-14/h5-7,16H,3-4,8-9H2,1-2H3,(H,17,18). The molecule has 1 aliphatic heterocycles. The Labute approximate surface area is 112 Å². The highest BCUT2D eigenvalue weighted by Crippen LogP contribution is 2.28. The summed E-state index contributed by atoms with van der Waals surface area (Å²) in [4.78, 5) is 12.4. The second-order valence-corrected chi connectivity index (χ2v) is 5.11. The summed E-state index contributed by atoms with van der Waals surface area (Å²) in [6.45, 7) is 3.53. The zero-order chi connectivity index (χ0) is 13.9. The molecule has 0 aromatic heterocycles. The topological polar surface area (TPSA) is 50.4 Å². The third kappa shape index (κ3) is 3.11. The van der Waals surface area contributed by atoms with Gasteiger partial charge in [0, 0.05) is 19.3 Å². The van der Waals surface area contributed by atoms with Gasteiger partial charge in [0.2, 0.25) is 5.91 Å². The minimum atomic E-state index is -0.561. The van der Waals surface area contributed by atoms with Crippen LogP contribution in [0.15, 0.2) is 18.2 Å². The maximum Gasteiger partial charge on any atom is 0.234 e. The zero-order valence-corrected chi connectivity index (χ0v) is 11.3. The van der Waals surface area contributed by atoms with Gasteiger partial charge in [-0.1, -0.05) is 0 Å². The molecule has 5 heteroatoms. The van der Waals surface area contributed by atoms with Crippen LogP contribution in [0.4, 0.5) is 10.1 Å². The molecule has 1 fully saturated rings. The number of halogens is 1. The summed E-state index contributed by atoms with van der Waals surface area (Å²) in [5.41, 5.74) is 0.708. The Morgan fingerprint density at radius 3 is 2.89 bits per heavy atom. The molecule has 4 nitrogen and oxygen atoms in total. The maximum atomic E-state index is 13.3. The summed E-state index contributed by atoms with van der Waals surface area (Å²) in [6, 6.07) is 4.51. The van der Waals surface area contributed by atoms with Crippen LogP contribution >= 0.6 is 0 Å². The Kier molecular flexibility index (Phi) is 4.17. The Morgan fingerprint density at radius 2 is 2.32 bits per heavy atom. The SMILES string of the molecule is COCC1(C(=O)Nc2cc(C)cc(F)c2)CCNC1. The number of carbonyl (C=O) groups excluding carboxylic acids is 1. The first kappa shape index (κ1) is 14.0. The van der Waals surface area contributed by atoms with E-state index in [-0.39, 0.29) is 11.7 Å². The highest BCUT2D eigenvalue weighted by Gasteiger charge is 2.41. The first-order valence-electron chi connectivity index (χ1n) is 6.34. The summed E-state index contributed by atoms with van der Waals surface area (Å²) in [5.74, 6) is -0.468. The van der Waals surface area contributed by atoms with Crippen molar-refractivity contribution >= 4 is 11.6 Å². The lowest BCUT2D eigenvalue weighted by Gasteiger charge is -2.26. The van der Waals surface area contributed by atoms with Crippen molar-refractivity contribution in [3.05, 3.63) is 29.6 Å². The van der Waals surface area contributed by atoms with E-state index in [9.17, 15) is 9.18 Å². The van der Waals surface area contributed by atoms with Crippen LogP contribution < -0.4 is 10.6 Å². The summed E-state index contributed by atoms with van der Waals surface area (Å²) in [6.07, 6.45) is 0.723. The molecule has 1 aromatic carbocycles. The van der Waals surface area contributed by atoms with Crippen molar-refractivity contribution in [3.63, 3.8) is 0 Å². The van der Waals surface area contributed by atoms with E-state index in [1.54, 1.807) is 20.1 Å². The van der Waals surface area contributed by atoms with Gasteiger partial charge in [0.15, 0.2) is 0 Å². The number of rotatable bonds is 4.